The van der Waals surface area contributed by atoms with Gasteiger partial charge in [-0.25, -0.2) is 0 Å². The minimum atomic E-state index is -3.72. The van der Waals surface area contributed by atoms with Crippen molar-refractivity contribution < 1.29 is 30.9 Å². The molecule has 0 amide bonds. The number of hydrogen-bond donors (Lipinski definition) is 0. The predicted octanol–water partition coefficient (Wildman–Crippen LogP) is -0.0373. The van der Waals surface area contributed by atoms with Gasteiger partial charge in [-0.15, -0.1) is 0 Å². The molecule has 0 aromatic heterocycles. The van der Waals surface area contributed by atoms with Gasteiger partial charge in [-0.3, -0.25) is 0 Å². The van der Waals surface area contributed by atoms with Crippen LogP contribution in [-0.2, 0) is 45.1 Å². The number of benzene rings is 1. The molecule has 1 aromatic rings. The molecular weight excluding hydrogens is 295 g/mol. The molecule has 64 valence electrons. The molecule has 12 heavy (non-hydrogen) atoms. The Hall–Kier alpha value is 0.828. The maximum absolute atomic E-state index is 9.29. The molecule has 0 heterocycles. The van der Waals surface area contributed by atoms with E-state index < -0.39 is 5.69 Å². The Morgan fingerprint density at radius 2 is 1.50 bits per heavy atom. The fraction of sp³-hybridized carbons (Fsp3) is 0. The van der Waals surface area contributed by atoms with Gasteiger partial charge in [0, 0.05) is 0 Å². The topological polar surface area (TPSA) is 46.1 Å². The summed E-state index contributed by atoms with van der Waals surface area (Å²) in [6.45, 7) is 0. The summed E-state index contributed by atoms with van der Waals surface area (Å²) in [6, 6.07) is 12.5. The van der Waals surface area contributed by atoms with Gasteiger partial charge in [0.25, 0.3) is 0 Å². The summed E-state index contributed by atoms with van der Waals surface area (Å²) in [6.07, 6.45) is 0. The molecule has 6 heteroatoms. The molecule has 0 fully saturated rings. The molecule has 0 atom stereocenters. The van der Waals surface area contributed by atoms with Crippen LogP contribution in [0.1, 0.15) is 0 Å². The largest absolute Gasteiger partial charge is 4.00 e. The molecule has 1 aromatic carbocycles. The van der Waals surface area contributed by atoms with Gasteiger partial charge in [-0.05, 0) is 0 Å². The van der Waals surface area contributed by atoms with Crippen LogP contribution in [0.3, 0.4) is 0 Å². The average molecular weight is 300 g/mol. The van der Waals surface area contributed by atoms with E-state index in [0.29, 0.717) is 0 Å². The second-order valence-corrected chi connectivity index (χ2v) is 6.00. The molecule has 0 saturated carbocycles. The molecule has 0 radical (unpaired) electrons. The molecule has 0 spiro atoms. The third kappa shape index (κ3) is 22.4. The van der Waals surface area contributed by atoms with Crippen LogP contribution in [0.25, 0.3) is 0 Å². The summed E-state index contributed by atoms with van der Waals surface area (Å²) in [5, 5.41) is 0. The Balaban J connectivity index is 0. The summed E-state index contributed by atoms with van der Waals surface area (Å²) in [5.74, 6) is 0. The van der Waals surface area contributed by atoms with Crippen molar-refractivity contribution in [3.05, 3.63) is 36.4 Å². The van der Waals surface area contributed by atoms with E-state index in [9.17, 15) is 9.79 Å². The van der Waals surface area contributed by atoms with E-state index in [1.165, 1.54) is 0 Å². The van der Waals surface area contributed by atoms with E-state index in [4.69, 9.17) is 0 Å². The van der Waals surface area contributed by atoms with Gasteiger partial charge < -0.3 is 27.7 Å². The van der Waals surface area contributed by atoms with Gasteiger partial charge >= 0.3 is 21.1 Å². The van der Waals surface area contributed by atoms with Gasteiger partial charge in [0.2, 0.25) is 0 Å². The van der Waals surface area contributed by atoms with E-state index in [0.717, 1.165) is 0 Å². The molecule has 1 rings (SSSR count). The number of hydrogen-bond acceptors (Lipinski definition) is 4. The van der Waals surface area contributed by atoms with Crippen molar-refractivity contribution in [1.82, 2.24) is 0 Å². The van der Waals surface area contributed by atoms with Crippen molar-refractivity contribution in [2.24, 2.45) is 0 Å². The maximum atomic E-state index is 9.29. The molecule has 0 saturated heterocycles. The normalized spacial score (nSPS) is 8.92. The third-order valence-electron chi connectivity index (χ3n) is 0.607. The summed E-state index contributed by atoms with van der Waals surface area (Å²) >= 11 is 7.28. The van der Waals surface area contributed by atoms with Crippen LogP contribution in [0.2, 0.25) is 0 Å². The van der Waals surface area contributed by atoms with Gasteiger partial charge in [0.15, 0.2) is 0 Å². The van der Waals surface area contributed by atoms with Crippen molar-refractivity contribution >= 4 is 29.7 Å². The van der Waals surface area contributed by atoms with E-state index in [2.05, 4.69) is 30.1 Å². The minimum absolute atomic E-state index is 0. The van der Waals surface area contributed by atoms with Crippen molar-refractivity contribution in [2.45, 2.75) is 0 Å². The van der Waals surface area contributed by atoms with Gasteiger partial charge in [-0.2, -0.15) is 48.2 Å². The quantitative estimate of drug-likeness (QED) is 0.292. The van der Waals surface area contributed by atoms with E-state index in [-0.39, 0.29) is 21.1 Å². The molecule has 0 aliphatic rings. The molecule has 0 unspecified atom stereocenters. The van der Waals surface area contributed by atoms with Crippen LogP contribution < -0.4 is 9.79 Å². The summed E-state index contributed by atoms with van der Waals surface area (Å²) in [4.78, 5) is 18.6. The van der Waals surface area contributed by atoms with Gasteiger partial charge in [-0.1, -0.05) is 0 Å². The molecule has 0 aliphatic heterocycles. The third-order valence-corrected chi connectivity index (χ3v) is 0.607. The Morgan fingerprint density at radius 1 is 1.17 bits per heavy atom. The molecule has 0 aliphatic carbocycles. The zero-order chi connectivity index (χ0) is 8.74. The van der Waals surface area contributed by atoms with Crippen molar-refractivity contribution in [3.63, 3.8) is 0 Å². The Labute approximate surface area is 96.6 Å². The first-order valence-electron chi connectivity index (χ1n) is 2.64. The monoisotopic (exact) mass is 302 g/mol. The van der Waals surface area contributed by atoms with Crippen LogP contribution in [0, 0.1) is 6.07 Å². The van der Waals surface area contributed by atoms with Gasteiger partial charge in [0.05, 0.1) is 0 Å². The van der Waals surface area contributed by atoms with Gasteiger partial charge in [0.1, 0.15) is 0 Å². The Kier molecular flexibility index (Phi) is 10.8. The first kappa shape index (κ1) is 15.3. The summed E-state index contributed by atoms with van der Waals surface area (Å²) in [7, 11) is 0. The van der Waals surface area contributed by atoms with Crippen molar-refractivity contribution in [1.29, 1.82) is 0 Å². The maximum Gasteiger partial charge on any atom is 4.00 e. The van der Waals surface area contributed by atoms with E-state index >= 15 is 0 Å². The SMILES string of the molecule is [Mo+4].[O-]P([O-])(=S)[S-].[c-]1ccccc1. The Bertz CT molecular complexity index is 191. The van der Waals surface area contributed by atoms with E-state index in [1.807, 2.05) is 30.3 Å². The zero-order valence-corrected chi connectivity index (χ0v) is 10.4. The zero-order valence-electron chi connectivity index (χ0n) is 5.88. The summed E-state index contributed by atoms with van der Waals surface area (Å²) < 4.78 is 0. The summed E-state index contributed by atoms with van der Waals surface area (Å²) in [5.41, 5.74) is -3.72. The van der Waals surface area contributed by atoms with Crippen molar-refractivity contribution in [3.8, 4) is 0 Å². The fourth-order valence-corrected chi connectivity index (χ4v) is 0.342. The van der Waals surface area contributed by atoms with Crippen LogP contribution in [-0.4, -0.2) is 0 Å². The Morgan fingerprint density at radius 3 is 1.58 bits per heavy atom. The first-order chi connectivity index (χ1) is 5.00. The fourth-order valence-electron chi connectivity index (χ4n) is 0.342. The number of rotatable bonds is 0. The second-order valence-electron chi connectivity index (χ2n) is 1.52. The molecular formula is C6H5MoO2PS2. The second kappa shape index (κ2) is 8.43. The average Bonchev–Trinajstić information content (AvgIpc) is 1.88. The standard InChI is InChI=1S/C6H5.Mo.H3O2PS2/c1-2-4-6-5-3-1;;1-3(2,4)5/h1-5H;;(H3,1,2,4,5)/q-1;+4;/p-3. The molecule has 2 nitrogen and oxygen atoms in total. The van der Waals surface area contributed by atoms with E-state index in [1.54, 1.807) is 0 Å². The van der Waals surface area contributed by atoms with Crippen LogP contribution >= 0.6 is 5.69 Å². The molecule has 0 N–H and O–H groups in total. The molecule has 0 bridgehead atoms. The van der Waals surface area contributed by atoms with Crippen LogP contribution in [0.5, 0.6) is 0 Å². The first-order valence-corrected chi connectivity index (χ1v) is 6.29. The predicted molar refractivity (Wildman–Crippen MR) is 46.9 cm³/mol. The smallest absolute Gasteiger partial charge is 0.850 e. The van der Waals surface area contributed by atoms with Crippen LogP contribution in [0.4, 0.5) is 0 Å². The van der Waals surface area contributed by atoms with Crippen LogP contribution in [0.15, 0.2) is 30.3 Å². The van der Waals surface area contributed by atoms with Crippen molar-refractivity contribution in [2.75, 3.05) is 0 Å². The minimum Gasteiger partial charge on any atom is -0.850 e.